The predicted octanol–water partition coefficient (Wildman–Crippen LogP) is 4.21. The number of hydrogen-bond acceptors (Lipinski definition) is 2. The van der Waals surface area contributed by atoms with E-state index in [2.05, 4.69) is 0 Å². The van der Waals surface area contributed by atoms with Gasteiger partial charge in [-0.1, -0.05) is 30.3 Å². The van der Waals surface area contributed by atoms with Crippen molar-refractivity contribution in [3.63, 3.8) is 0 Å². The maximum Gasteiger partial charge on any atom is 0.416 e. The number of para-hydroxylation sites is 1. The lowest BCUT2D eigenvalue weighted by molar-refractivity contribution is -0.137. The molecule has 2 aromatic carbocycles. The maximum absolute atomic E-state index is 12.9. The lowest BCUT2D eigenvalue weighted by atomic mass is 10.0. The molecule has 0 aliphatic rings. The van der Waals surface area contributed by atoms with Crippen LogP contribution >= 0.6 is 0 Å². The highest BCUT2D eigenvalue weighted by Crippen LogP contribution is 2.32. The predicted molar refractivity (Wildman–Crippen MR) is 96.1 cm³/mol. The van der Waals surface area contributed by atoms with Crippen LogP contribution in [-0.2, 0) is 17.5 Å². The first kappa shape index (κ1) is 18.3. The van der Waals surface area contributed by atoms with Crippen molar-refractivity contribution in [3.8, 4) is 6.07 Å². The van der Waals surface area contributed by atoms with Gasteiger partial charge in [0.25, 0.3) is 0 Å². The van der Waals surface area contributed by atoms with E-state index in [4.69, 9.17) is 5.73 Å². The highest BCUT2D eigenvalue weighted by molar-refractivity contribution is 5.98. The number of allylic oxidation sites excluding steroid dienone is 1. The van der Waals surface area contributed by atoms with Crippen LogP contribution in [0.3, 0.4) is 0 Å². The zero-order valence-electron chi connectivity index (χ0n) is 14.0. The Labute approximate surface area is 152 Å². The molecule has 1 heterocycles. The molecule has 27 heavy (non-hydrogen) atoms. The zero-order chi connectivity index (χ0) is 19.6. The highest BCUT2D eigenvalue weighted by atomic mass is 19.4. The fraction of sp³-hybridized carbons (Fsp3) is 0.100. The van der Waals surface area contributed by atoms with Crippen LogP contribution in [0.25, 0.3) is 22.6 Å². The Bertz CT molecular complexity index is 1090. The zero-order valence-corrected chi connectivity index (χ0v) is 14.0. The van der Waals surface area contributed by atoms with Gasteiger partial charge in [-0.05, 0) is 29.8 Å². The number of amides is 1. The fourth-order valence-corrected chi connectivity index (χ4v) is 2.89. The lowest BCUT2D eigenvalue weighted by Crippen LogP contribution is -2.17. The molecule has 4 nitrogen and oxygen atoms in total. The number of fused-ring (bicyclic) bond motifs is 1. The second kappa shape index (κ2) is 7.00. The van der Waals surface area contributed by atoms with E-state index < -0.39 is 17.6 Å². The quantitative estimate of drug-likeness (QED) is 0.700. The van der Waals surface area contributed by atoms with E-state index in [-0.39, 0.29) is 17.7 Å². The van der Waals surface area contributed by atoms with Gasteiger partial charge in [0.1, 0.15) is 6.54 Å². The Hall–Kier alpha value is -3.53. The first-order valence-electron chi connectivity index (χ1n) is 7.95. The summed E-state index contributed by atoms with van der Waals surface area (Å²) in [6, 6.07) is 13.8. The molecule has 136 valence electrons. The maximum atomic E-state index is 12.9. The van der Waals surface area contributed by atoms with Crippen LogP contribution in [0.5, 0.6) is 0 Å². The summed E-state index contributed by atoms with van der Waals surface area (Å²) >= 11 is 0. The van der Waals surface area contributed by atoms with E-state index in [1.165, 1.54) is 18.2 Å². The van der Waals surface area contributed by atoms with E-state index in [9.17, 15) is 23.2 Å². The number of rotatable bonds is 4. The summed E-state index contributed by atoms with van der Waals surface area (Å²) in [7, 11) is 0. The molecule has 0 radical (unpaired) electrons. The number of nitrogens with two attached hydrogens (primary N) is 1. The second-order valence-corrected chi connectivity index (χ2v) is 5.94. The summed E-state index contributed by atoms with van der Waals surface area (Å²) in [5.41, 5.74) is 6.05. The van der Waals surface area contributed by atoms with Crippen LogP contribution in [0.1, 0.15) is 16.7 Å². The number of benzene rings is 2. The summed E-state index contributed by atoms with van der Waals surface area (Å²) < 4.78 is 40.5. The molecule has 0 bridgehead atoms. The third-order valence-corrected chi connectivity index (χ3v) is 4.07. The Morgan fingerprint density at radius 2 is 1.93 bits per heavy atom. The SMILES string of the molecule is N#C/C(=C/c1cn(CC(N)=O)c2ccccc12)c1cccc(C(F)(F)F)c1. The van der Waals surface area contributed by atoms with Gasteiger partial charge in [-0.25, -0.2) is 0 Å². The Kier molecular flexibility index (Phi) is 4.74. The van der Waals surface area contributed by atoms with E-state index >= 15 is 0 Å². The number of primary amides is 1. The van der Waals surface area contributed by atoms with Gasteiger partial charge in [0.2, 0.25) is 5.91 Å². The molecule has 0 atom stereocenters. The minimum absolute atomic E-state index is 0.0419. The van der Waals surface area contributed by atoms with Crippen molar-refractivity contribution in [1.29, 1.82) is 5.26 Å². The van der Waals surface area contributed by atoms with Gasteiger partial charge >= 0.3 is 6.18 Å². The van der Waals surface area contributed by atoms with Crippen molar-refractivity contribution in [3.05, 3.63) is 71.4 Å². The molecule has 0 saturated heterocycles. The molecule has 1 aromatic heterocycles. The number of carbonyl (C=O) groups is 1. The summed E-state index contributed by atoms with van der Waals surface area (Å²) in [6.45, 7) is -0.0419. The number of nitriles is 1. The highest BCUT2D eigenvalue weighted by Gasteiger charge is 2.30. The van der Waals surface area contributed by atoms with Crippen molar-refractivity contribution >= 4 is 28.5 Å². The molecular weight excluding hydrogens is 355 g/mol. The molecule has 3 rings (SSSR count). The van der Waals surface area contributed by atoms with E-state index in [0.29, 0.717) is 5.56 Å². The summed E-state index contributed by atoms with van der Waals surface area (Å²) in [6.07, 6.45) is -1.33. The standard InChI is InChI=1S/C20H14F3N3O/c21-20(22,23)16-5-3-4-13(9-16)14(10-24)8-15-11-26(12-19(25)27)18-7-2-1-6-17(15)18/h1-9,11H,12H2,(H2,25,27)/b14-8-. The number of nitrogens with zero attached hydrogens (tertiary/aromatic N) is 2. The number of hydrogen-bond donors (Lipinski definition) is 1. The average molecular weight is 369 g/mol. The molecule has 0 unspecified atom stereocenters. The third-order valence-electron chi connectivity index (χ3n) is 4.07. The van der Waals surface area contributed by atoms with Crippen LogP contribution < -0.4 is 5.73 Å². The normalized spacial score (nSPS) is 12.1. The van der Waals surface area contributed by atoms with Gasteiger partial charge in [-0.15, -0.1) is 0 Å². The molecule has 0 fully saturated rings. The van der Waals surface area contributed by atoms with E-state index in [1.54, 1.807) is 35.0 Å². The van der Waals surface area contributed by atoms with Gasteiger partial charge in [0, 0.05) is 22.7 Å². The Morgan fingerprint density at radius 1 is 1.19 bits per heavy atom. The molecular formula is C20H14F3N3O. The van der Waals surface area contributed by atoms with E-state index in [1.807, 2.05) is 6.07 Å². The van der Waals surface area contributed by atoms with Gasteiger partial charge in [-0.3, -0.25) is 4.79 Å². The van der Waals surface area contributed by atoms with Gasteiger partial charge < -0.3 is 10.3 Å². The number of aromatic nitrogens is 1. The van der Waals surface area contributed by atoms with Crippen molar-refractivity contribution in [2.24, 2.45) is 5.73 Å². The van der Waals surface area contributed by atoms with Crippen molar-refractivity contribution in [1.82, 2.24) is 4.57 Å². The molecule has 0 spiro atoms. The Morgan fingerprint density at radius 3 is 2.59 bits per heavy atom. The topological polar surface area (TPSA) is 71.8 Å². The molecule has 2 N–H and O–H groups in total. The summed E-state index contributed by atoms with van der Waals surface area (Å²) in [5, 5.41) is 10.2. The summed E-state index contributed by atoms with van der Waals surface area (Å²) in [4.78, 5) is 11.3. The molecule has 1 amide bonds. The average Bonchev–Trinajstić information content (AvgIpc) is 2.96. The summed E-state index contributed by atoms with van der Waals surface area (Å²) in [5.74, 6) is -0.523. The first-order valence-corrected chi connectivity index (χ1v) is 7.95. The first-order chi connectivity index (χ1) is 12.8. The lowest BCUT2D eigenvalue weighted by Gasteiger charge is -2.08. The Balaban J connectivity index is 2.12. The largest absolute Gasteiger partial charge is 0.416 e. The minimum Gasteiger partial charge on any atom is -0.368 e. The van der Waals surface area contributed by atoms with Crippen LogP contribution in [-0.4, -0.2) is 10.5 Å². The third kappa shape index (κ3) is 3.85. The smallest absolute Gasteiger partial charge is 0.368 e. The minimum atomic E-state index is -4.49. The van der Waals surface area contributed by atoms with Crippen molar-refractivity contribution in [2.45, 2.75) is 12.7 Å². The monoisotopic (exact) mass is 369 g/mol. The number of alkyl halides is 3. The van der Waals surface area contributed by atoms with Gasteiger partial charge in [0.05, 0.1) is 17.2 Å². The van der Waals surface area contributed by atoms with Crippen LogP contribution in [0.2, 0.25) is 0 Å². The molecule has 7 heteroatoms. The molecule has 0 aliphatic heterocycles. The van der Waals surface area contributed by atoms with Gasteiger partial charge in [-0.2, -0.15) is 18.4 Å². The van der Waals surface area contributed by atoms with Crippen molar-refractivity contribution in [2.75, 3.05) is 0 Å². The number of carbonyl (C=O) groups excluding carboxylic acids is 1. The van der Waals surface area contributed by atoms with Crippen molar-refractivity contribution < 1.29 is 18.0 Å². The number of halogens is 3. The molecule has 0 saturated carbocycles. The van der Waals surface area contributed by atoms with Crippen LogP contribution in [0, 0.1) is 11.3 Å². The van der Waals surface area contributed by atoms with Crippen LogP contribution in [0.15, 0.2) is 54.7 Å². The van der Waals surface area contributed by atoms with E-state index in [0.717, 1.165) is 23.0 Å². The fourth-order valence-electron chi connectivity index (χ4n) is 2.89. The van der Waals surface area contributed by atoms with Crippen LogP contribution in [0.4, 0.5) is 13.2 Å². The molecule has 3 aromatic rings. The second-order valence-electron chi connectivity index (χ2n) is 5.94. The molecule has 0 aliphatic carbocycles. The van der Waals surface area contributed by atoms with Gasteiger partial charge in [0.15, 0.2) is 0 Å².